The Morgan fingerprint density at radius 2 is 2.03 bits per heavy atom. The van der Waals surface area contributed by atoms with Gasteiger partial charge in [-0.15, -0.1) is 0 Å². The Morgan fingerprint density at radius 1 is 1.24 bits per heavy atom. The summed E-state index contributed by atoms with van der Waals surface area (Å²) in [5, 5.41) is 0.354. The molecule has 1 fully saturated rings. The van der Waals surface area contributed by atoms with Crippen LogP contribution in [-0.2, 0) is 4.74 Å². The molecule has 152 valence electrons. The van der Waals surface area contributed by atoms with Crippen molar-refractivity contribution in [1.29, 1.82) is 0 Å². The van der Waals surface area contributed by atoms with Gasteiger partial charge in [0.2, 0.25) is 0 Å². The van der Waals surface area contributed by atoms with Crippen LogP contribution < -0.4 is 5.69 Å². The first-order valence-corrected chi connectivity index (χ1v) is 9.80. The Bertz CT molecular complexity index is 1110. The molecule has 4 heterocycles. The highest BCUT2D eigenvalue weighted by molar-refractivity contribution is 6.29. The van der Waals surface area contributed by atoms with Gasteiger partial charge in [-0.2, -0.15) is 0 Å². The molecule has 1 saturated heterocycles. The van der Waals surface area contributed by atoms with E-state index in [1.807, 2.05) is 26.8 Å². The Morgan fingerprint density at radius 3 is 2.72 bits per heavy atom. The predicted molar refractivity (Wildman–Crippen MR) is 110 cm³/mol. The van der Waals surface area contributed by atoms with E-state index in [2.05, 4.69) is 9.97 Å². The Labute approximate surface area is 172 Å². The molecule has 8 nitrogen and oxygen atoms in total. The van der Waals surface area contributed by atoms with Gasteiger partial charge in [0.15, 0.2) is 5.65 Å². The van der Waals surface area contributed by atoms with Gasteiger partial charge >= 0.3 is 11.8 Å². The lowest BCUT2D eigenvalue weighted by molar-refractivity contribution is 0.0289. The lowest BCUT2D eigenvalue weighted by atomic mass is 10.2. The molecule has 1 amide bonds. The van der Waals surface area contributed by atoms with Crippen LogP contribution in [-0.4, -0.2) is 48.8 Å². The van der Waals surface area contributed by atoms with Gasteiger partial charge in [0.25, 0.3) is 0 Å². The van der Waals surface area contributed by atoms with Crippen molar-refractivity contribution >= 4 is 28.9 Å². The minimum Gasteiger partial charge on any atom is -0.444 e. The zero-order chi connectivity index (χ0) is 20.8. The van der Waals surface area contributed by atoms with Crippen molar-refractivity contribution in [2.75, 3.05) is 13.1 Å². The Hall–Kier alpha value is -2.87. The molecule has 0 N–H and O–H groups in total. The first-order chi connectivity index (χ1) is 13.7. The second-order valence-electron chi connectivity index (χ2n) is 8.04. The van der Waals surface area contributed by atoms with E-state index in [1.165, 1.54) is 0 Å². The number of fused-ring (bicyclic) bond motifs is 1. The minimum atomic E-state index is -0.564. The maximum absolute atomic E-state index is 13.4. The van der Waals surface area contributed by atoms with Crippen molar-refractivity contribution < 1.29 is 9.53 Å². The van der Waals surface area contributed by atoms with Gasteiger partial charge in [-0.25, -0.2) is 19.6 Å². The fraction of sp³-hybridized carbons (Fsp3) is 0.400. The fourth-order valence-electron chi connectivity index (χ4n) is 3.57. The van der Waals surface area contributed by atoms with Crippen LogP contribution in [0.1, 0.15) is 33.2 Å². The van der Waals surface area contributed by atoms with E-state index in [0.29, 0.717) is 41.5 Å². The molecule has 9 heteroatoms. The second kappa shape index (κ2) is 7.18. The van der Waals surface area contributed by atoms with E-state index in [4.69, 9.17) is 16.3 Å². The summed E-state index contributed by atoms with van der Waals surface area (Å²) in [5.74, 6) is 0. The molecule has 0 aliphatic carbocycles. The smallest absolute Gasteiger partial charge is 0.410 e. The highest BCUT2D eigenvalue weighted by Crippen LogP contribution is 2.26. The lowest BCUT2D eigenvalue weighted by Gasteiger charge is -2.24. The van der Waals surface area contributed by atoms with Gasteiger partial charge in [-0.3, -0.25) is 9.13 Å². The van der Waals surface area contributed by atoms with Crippen LogP contribution in [0.15, 0.2) is 41.5 Å². The number of ether oxygens (including phenoxy) is 1. The number of hydrogen-bond acceptors (Lipinski definition) is 5. The lowest BCUT2D eigenvalue weighted by Crippen LogP contribution is -2.36. The average Bonchev–Trinajstić information content (AvgIpc) is 3.23. The number of carbonyl (C=O) groups is 1. The molecule has 1 aliphatic rings. The van der Waals surface area contributed by atoms with Gasteiger partial charge in [0, 0.05) is 19.3 Å². The first kappa shape index (κ1) is 19.4. The van der Waals surface area contributed by atoms with Gasteiger partial charge in [0.05, 0.1) is 23.4 Å². The van der Waals surface area contributed by atoms with E-state index < -0.39 is 5.60 Å². The molecule has 1 atom stereocenters. The van der Waals surface area contributed by atoms with Gasteiger partial charge < -0.3 is 9.64 Å². The molecule has 3 aromatic heterocycles. The fourth-order valence-corrected chi connectivity index (χ4v) is 3.69. The number of carbonyl (C=O) groups excluding carboxylic acids is 1. The standard InChI is InChI=1S/C20H22ClN5O3/c1-20(2,3)29-19(28)24-10-8-14(12-24)26-17-15(5-4-9-22-17)25(18(26)27)13-6-7-16(21)23-11-13/h4-7,9,11,14H,8,10,12H2,1-3H3. The van der Waals surface area contributed by atoms with Gasteiger partial charge in [0.1, 0.15) is 10.8 Å². The normalized spacial score (nSPS) is 17.1. The summed E-state index contributed by atoms with van der Waals surface area (Å²) in [4.78, 5) is 35.9. The summed E-state index contributed by atoms with van der Waals surface area (Å²) in [7, 11) is 0. The molecule has 29 heavy (non-hydrogen) atoms. The van der Waals surface area contributed by atoms with Crippen molar-refractivity contribution in [2.24, 2.45) is 0 Å². The second-order valence-corrected chi connectivity index (χ2v) is 8.43. The van der Waals surface area contributed by atoms with Crippen LogP contribution in [0.4, 0.5) is 4.79 Å². The predicted octanol–water partition coefficient (Wildman–Crippen LogP) is 3.42. The third-order valence-electron chi connectivity index (χ3n) is 4.78. The SMILES string of the molecule is CC(C)(C)OC(=O)N1CCC(n2c(=O)n(-c3ccc(Cl)nc3)c3cccnc32)C1. The van der Waals surface area contributed by atoms with Crippen LogP contribution in [0.25, 0.3) is 16.9 Å². The summed E-state index contributed by atoms with van der Waals surface area (Å²) in [5.41, 5.74) is 1.07. The summed E-state index contributed by atoms with van der Waals surface area (Å²) < 4.78 is 8.70. The number of rotatable bonds is 2. The number of nitrogens with zero attached hydrogens (tertiary/aromatic N) is 5. The summed E-state index contributed by atoms with van der Waals surface area (Å²) in [6.45, 7) is 6.42. The Kier molecular flexibility index (Phi) is 4.82. The van der Waals surface area contributed by atoms with Crippen LogP contribution in [0.2, 0.25) is 5.15 Å². The molecular formula is C20H22ClN5O3. The third-order valence-corrected chi connectivity index (χ3v) is 5.01. The molecule has 1 aliphatic heterocycles. The summed E-state index contributed by atoms with van der Waals surface area (Å²) in [6, 6.07) is 6.83. The average molecular weight is 416 g/mol. The van der Waals surface area contributed by atoms with Crippen LogP contribution in [0.3, 0.4) is 0 Å². The zero-order valence-corrected chi connectivity index (χ0v) is 17.3. The largest absolute Gasteiger partial charge is 0.444 e. The highest BCUT2D eigenvalue weighted by atomic mass is 35.5. The quantitative estimate of drug-likeness (QED) is 0.599. The topological polar surface area (TPSA) is 82.2 Å². The van der Waals surface area contributed by atoms with Gasteiger partial charge in [-0.1, -0.05) is 11.6 Å². The molecule has 3 aromatic rings. The monoisotopic (exact) mass is 415 g/mol. The summed E-state index contributed by atoms with van der Waals surface area (Å²) >= 11 is 5.89. The zero-order valence-electron chi connectivity index (χ0n) is 16.5. The number of imidazole rings is 1. The molecule has 0 spiro atoms. The number of hydrogen-bond donors (Lipinski definition) is 0. The highest BCUT2D eigenvalue weighted by Gasteiger charge is 2.33. The first-order valence-electron chi connectivity index (χ1n) is 9.42. The number of likely N-dealkylation sites (tertiary alicyclic amines) is 1. The van der Waals surface area contributed by atoms with Crippen molar-refractivity contribution in [1.82, 2.24) is 24.0 Å². The maximum atomic E-state index is 13.4. The molecule has 0 saturated carbocycles. The van der Waals surface area contributed by atoms with Crippen molar-refractivity contribution in [3.8, 4) is 5.69 Å². The third kappa shape index (κ3) is 3.72. The van der Waals surface area contributed by atoms with E-state index in [0.717, 1.165) is 0 Å². The van der Waals surface area contributed by atoms with Crippen LogP contribution in [0, 0.1) is 0 Å². The van der Waals surface area contributed by atoms with Crippen molar-refractivity contribution in [2.45, 2.75) is 38.8 Å². The van der Waals surface area contributed by atoms with Crippen LogP contribution >= 0.6 is 11.6 Å². The summed E-state index contributed by atoms with van der Waals surface area (Å²) in [6.07, 6.45) is 3.49. The van der Waals surface area contributed by atoms with E-state index in [-0.39, 0.29) is 17.8 Å². The number of halogens is 1. The molecule has 0 radical (unpaired) electrons. The molecule has 0 aromatic carbocycles. The number of amides is 1. The molecular weight excluding hydrogens is 394 g/mol. The van der Waals surface area contributed by atoms with E-state index in [1.54, 1.807) is 44.6 Å². The molecule has 0 bridgehead atoms. The molecule has 1 unspecified atom stereocenters. The number of pyridine rings is 2. The Balaban J connectivity index is 1.72. The van der Waals surface area contributed by atoms with Crippen LogP contribution in [0.5, 0.6) is 0 Å². The number of aromatic nitrogens is 4. The minimum absolute atomic E-state index is 0.186. The van der Waals surface area contributed by atoms with E-state index in [9.17, 15) is 9.59 Å². The molecule has 4 rings (SSSR count). The van der Waals surface area contributed by atoms with Crippen molar-refractivity contribution in [3.05, 3.63) is 52.3 Å². The van der Waals surface area contributed by atoms with Gasteiger partial charge in [-0.05, 0) is 51.5 Å². The van der Waals surface area contributed by atoms with E-state index >= 15 is 0 Å². The van der Waals surface area contributed by atoms with Crippen molar-refractivity contribution in [3.63, 3.8) is 0 Å². The maximum Gasteiger partial charge on any atom is 0.410 e.